The molecule has 0 amide bonds. The second-order valence-electron chi connectivity index (χ2n) is 3.37. The fourth-order valence-electron chi connectivity index (χ4n) is 1.45. The van der Waals surface area contributed by atoms with E-state index in [1.807, 2.05) is 18.3 Å². The Morgan fingerprint density at radius 3 is 2.67 bits per heavy atom. The number of nitrogens with zero attached hydrogens (tertiary/aromatic N) is 1. The molecule has 0 spiro atoms. The zero-order valence-corrected chi connectivity index (χ0v) is 9.68. The van der Waals surface area contributed by atoms with Crippen molar-refractivity contribution in [3.05, 3.63) is 52.0 Å². The van der Waals surface area contributed by atoms with Gasteiger partial charge in [-0.2, -0.15) is 0 Å². The number of benzene rings is 1. The lowest BCUT2D eigenvalue weighted by Crippen LogP contribution is -1.98. The van der Waals surface area contributed by atoms with Crippen LogP contribution in [0.5, 0.6) is 0 Å². The zero-order valence-electron chi connectivity index (χ0n) is 8.17. The van der Waals surface area contributed by atoms with Crippen molar-refractivity contribution >= 4 is 23.2 Å². The Labute approximate surface area is 98.3 Å². The Bertz CT molecular complexity index is 452. The maximum atomic E-state index is 5.96. The summed E-state index contributed by atoms with van der Waals surface area (Å²) < 4.78 is 0. The van der Waals surface area contributed by atoms with Gasteiger partial charge >= 0.3 is 0 Å². The lowest BCUT2D eigenvalue weighted by molar-refractivity contribution is 0.840. The van der Waals surface area contributed by atoms with Gasteiger partial charge in [0, 0.05) is 18.3 Å². The first-order valence-corrected chi connectivity index (χ1v) is 5.38. The lowest BCUT2D eigenvalue weighted by Gasteiger charge is -2.09. The van der Waals surface area contributed by atoms with Crippen LogP contribution < -0.4 is 0 Å². The van der Waals surface area contributed by atoms with Crippen LogP contribution in [0.3, 0.4) is 0 Å². The van der Waals surface area contributed by atoms with Crippen molar-refractivity contribution in [3.63, 3.8) is 0 Å². The summed E-state index contributed by atoms with van der Waals surface area (Å²) in [6.45, 7) is 2.07. The molecular weight excluding hydrogens is 231 g/mol. The second-order valence-corrected chi connectivity index (χ2v) is 4.18. The van der Waals surface area contributed by atoms with Crippen LogP contribution in [-0.2, 0) is 0 Å². The molecule has 78 valence electrons. The molecule has 2 aromatic rings. The van der Waals surface area contributed by atoms with Crippen LogP contribution in [0, 0.1) is 0 Å². The Kier molecular flexibility index (Phi) is 2.98. The maximum Gasteiger partial charge on any atom is 0.113 e. The standard InChI is InChI=1S/C11H10Cl2N2/c1-7(11-14-4-5-15-11)8-2-3-9(12)10(13)6-8/h2-7H,1H3,(H,14,15). The van der Waals surface area contributed by atoms with E-state index < -0.39 is 0 Å². The van der Waals surface area contributed by atoms with E-state index in [4.69, 9.17) is 23.2 Å². The van der Waals surface area contributed by atoms with Gasteiger partial charge in [-0.1, -0.05) is 36.2 Å². The van der Waals surface area contributed by atoms with E-state index in [0.29, 0.717) is 10.0 Å². The molecule has 1 aromatic carbocycles. The van der Waals surface area contributed by atoms with Crippen molar-refractivity contribution < 1.29 is 0 Å². The predicted octanol–water partition coefficient (Wildman–Crippen LogP) is 3.87. The van der Waals surface area contributed by atoms with Crippen LogP contribution in [-0.4, -0.2) is 9.97 Å². The fraction of sp³-hybridized carbons (Fsp3) is 0.182. The van der Waals surface area contributed by atoms with Gasteiger partial charge in [-0.25, -0.2) is 4.98 Å². The van der Waals surface area contributed by atoms with Crippen molar-refractivity contribution in [2.45, 2.75) is 12.8 Å². The predicted molar refractivity (Wildman–Crippen MR) is 62.6 cm³/mol. The molecular formula is C11H10Cl2N2. The van der Waals surface area contributed by atoms with Gasteiger partial charge in [0.1, 0.15) is 5.82 Å². The summed E-state index contributed by atoms with van der Waals surface area (Å²) in [6, 6.07) is 5.64. The number of nitrogens with one attached hydrogen (secondary N) is 1. The van der Waals surface area contributed by atoms with Crippen LogP contribution in [0.2, 0.25) is 10.0 Å². The van der Waals surface area contributed by atoms with Gasteiger partial charge in [0.25, 0.3) is 0 Å². The minimum Gasteiger partial charge on any atom is -0.348 e. The van der Waals surface area contributed by atoms with Gasteiger partial charge in [-0.15, -0.1) is 0 Å². The quantitative estimate of drug-likeness (QED) is 0.849. The van der Waals surface area contributed by atoms with E-state index >= 15 is 0 Å². The highest BCUT2D eigenvalue weighted by molar-refractivity contribution is 6.42. The summed E-state index contributed by atoms with van der Waals surface area (Å²) >= 11 is 11.8. The largest absolute Gasteiger partial charge is 0.348 e. The first kappa shape index (κ1) is 10.5. The summed E-state index contributed by atoms with van der Waals surface area (Å²) in [6.07, 6.45) is 3.55. The zero-order chi connectivity index (χ0) is 10.8. The fourth-order valence-corrected chi connectivity index (χ4v) is 1.76. The molecule has 0 aliphatic heterocycles. The summed E-state index contributed by atoms with van der Waals surface area (Å²) in [5.41, 5.74) is 1.10. The Morgan fingerprint density at radius 2 is 2.07 bits per heavy atom. The third kappa shape index (κ3) is 2.16. The van der Waals surface area contributed by atoms with E-state index in [1.54, 1.807) is 12.3 Å². The number of hydrogen-bond acceptors (Lipinski definition) is 1. The summed E-state index contributed by atoms with van der Waals surface area (Å²) in [5, 5.41) is 1.15. The summed E-state index contributed by atoms with van der Waals surface area (Å²) in [5.74, 6) is 1.11. The number of aromatic amines is 1. The molecule has 0 fully saturated rings. The molecule has 0 saturated carbocycles. The number of imidazole rings is 1. The van der Waals surface area contributed by atoms with Crippen LogP contribution >= 0.6 is 23.2 Å². The maximum absolute atomic E-state index is 5.96. The van der Waals surface area contributed by atoms with Crippen molar-refractivity contribution in [2.75, 3.05) is 0 Å². The lowest BCUT2D eigenvalue weighted by atomic mass is 10.0. The first-order valence-electron chi connectivity index (χ1n) is 4.62. The van der Waals surface area contributed by atoms with E-state index in [-0.39, 0.29) is 5.92 Å². The Hall–Kier alpha value is -0.990. The van der Waals surface area contributed by atoms with Gasteiger partial charge in [0.2, 0.25) is 0 Å². The molecule has 0 aliphatic carbocycles. The Morgan fingerprint density at radius 1 is 1.27 bits per heavy atom. The molecule has 0 radical (unpaired) electrons. The van der Waals surface area contributed by atoms with Gasteiger partial charge in [-0.3, -0.25) is 0 Å². The number of halogens is 2. The summed E-state index contributed by atoms with van der Waals surface area (Å²) in [4.78, 5) is 7.30. The molecule has 1 aromatic heterocycles. The van der Waals surface area contributed by atoms with E-state index in [0.717, 1.165) is 11.4 Å². The topological polar surface area (TPSA) is 28.7 Å². The van der Waals surface area contributed by atoms with E-state index in [2.05, 4.69) is 16.9 Å². The summed E-state index contributed by atoms with van der Waals surface area (Å²) in [7, 11) is 0. The molecule has 2 nitrogen and oxygen atoms in total. The molecule has 2 rings (SSSR count). The van der Waals surface area contributed by atoms with Crippen molar-refractivity contribution in [1.29, 1.82) is 0 Å². The highest BCUT2D eigenvalue weighted by Crippen LogP contribution is 2.28. The molecule has 1 N–H and O–H groups in total. The Balaban J connectivity index is 2.34. The van der Waals surface area contributed by atoms with Crippen LogP contribution in [0.15, 0.2) is 30.6 Å². The number of aromatic nitrogens is 2. The van der Waals surface area contributed by atoms with Gasteiger partial charge in [-0.05, 0) is 17.7 Å². The van der Waals surface area contributed by atoms with E-state index in [9.17, 15) is 0 Å². The van der Waals surface area contributed by atoms with Crippen LogP contribution in [0.25, 0.3) is 0 Å². The third-order valence-electron chi connectivity index (χ3n) is 2.37. The van der Waals surface area contributed by atoms with Gasteiger partial charge < -0.3 is 4.98 Å². The minimum atomic E-state index is 0.190. The highest BCUT2D eigenvalue weighted by atomic mass is 35.5. The third-order valence-corrected chi connectivity index (χ3v) is 3.11. The minimum absolute atomic E-state index is 0.190. The van der Waals surface area contributed by atoms with Crippen LogP contribution in [0.1, 0.15) is 24.2 Å². The van der Waals surface area contributed by atoms with Crippen LogP contribution in [0.4, 0.5) is 0 Å². The molecule has 4 heteroatoms. The molecule has 1 unspecified atom stereocenters. The van der Waals surface area contributed by atoms with Crippen molar-refractivity contribution in [3.8, 4) is 0 Å². The SMILES string of the molecule is CC(c1ccc(Cl)c(Cl)c1)c1ncc[nH]1. The normalized spacial score (nSPS) is 12.7. The molecule has 0 aliphatic rings. The second kappa shape index (κ2) is 4.25. The number of hydrogen-bond donors (Lipinski definition) is 1. The average Bonchev–Trinajstić information content (AvgIpc) is 2.74. The first-order chi connectivity index (χ1) is 7.18. The molecule has 0 saturated heterocycles. The highest BCUT2D eigenvalue weighted by Gasteiger charge is 2.11. The van der Waals surface area contributed by atoms with Crippen molar-refractivity contribution in [2.24, 2.45) is 0 Å². The monoisotopic (exact) mass is 240 g/mol. The van der Waals surface area contributed by atoms with Gasteiger partial charge in [0.05, 0.1) is 10.0 Å². The molecule has 1 atom stereocenters. The van der Waals surface area contributed by atoms with E-state index in [1.165, 1.54) is 0 Å². The van der Waals surface area contributed by atoms with Crippen molar-refractivity contribution in [1.82, 2.24) is 9.97 Å². The number of rotatable bonds is 2. The smallest absolute Gasteiger partial charge is 0.113 e. The average molecular weight is 241 g/mol. The molecule has 0 bridgehead atoms. The molecule has 1 heterocycles. The number of H-pyrrole nitrogens is 1. The van der Waals surface area contributed by atoms with Gasteiger partial charge in [0.15, 0.2) is 0 Å². The molecule has 15 heavy (non-hydrogen) atoms.